The number of rotatable bonds is 4. The average Bonchev–Trinajstić information content (AvgIpc) is 3.16. The van der Waals surface area contributed by atoms with E-state index in [0.717, 1.165) is 12.7 Å². The molecule has 0 saturated heterocycles. The molecule has 0 spiro atoms. The molecule has 3 heterocycles. The summed E-state index contributed by atoms with van der Waals surface area (Å²) < 4.78 is 13.3. The zero-order valence-electron chi connectivity index (χ0n) is 11.7. The number of fused-ring (bicyclic) bond motifs is 1. The van der Waals surface area contributed by atoms with Gasteiger partial charge >= 0.3 is 0 Å². The first-order valence-electron chi connectivity index (χ1n) is 7.13. The predicted molar refractivity (Wildman–Crippen MR) is 81.7 cm³/mol. The Labute approximate surface area is 125 Å². The third kappa shape index (κ3) is 2.45. The number of imidazole rings is 1. The van der Waals surface area contributed by atoms with E-state index in [1.165, 1.54) is 18.9 Å². The number of aromatic nitrogens is 3. The summed E-state index contributed by atoms with van der Waals surface area (Å²) in [4.78, 5) is 15.1. The summed E-state index contributed by atoms with van der Waals surface area (Å²) >= 11 is 0. The van der Waals surface area contributed by atoms with Crippen LogP contribution < -0.4 is 5.32 Å². The Bertz CT molecular complexity index is 791. The summed E-state index contributed by atoms with van der Waals surface area (Å²) in [6, 6.07) is 1.38. The molecule has 4 rings (SSSR count). The number of nitrogens with zero attached hydrogens (tertiary/aromatic N) is 3. The number of aliphatic imine (C=N–C) groups is 1. The lowest BCUT2D eigenvalue weighted by atomic mass is 10.1. The third-order valence-corrected chi connectivity index (χ3v) is 3.74. The highest BCUT2D eigenvalue weighted by Gasteiger charge is 2.21. The van der Waals surface area contributed by atoms with Gasteiger partial charge in [0.1, 0.15) is 11.5 Å². The van der Waals surface area contributed by atoms with Crippen molar-refractivity contribution >= 4 is 29.6 Å². The van der Waals surface area contributed by atoms with Crippen LogP contribution >= 0.6 is 0 Å². The maximum Gasteiger partial charge on any atom is 0.238 e. The van der Waals surface area contributed by atoms with E-state index in [2.05, 4.69) is 25.3 Å². The maximum atomic E-state index is 13.3. The Morgan fingerprint density at radius 1 is 1.45 bits per heavy atom. The van der Waals surface area contributed by atoms with Crippen LogP contribution in [-0.2, 0) is 0 Å². The topological polar surface area (TPSA) is 86.2 Å². The van der Waals surface area contributed by atoms with E-state index in [1.807, 2.05) is 0 Å². The highest BCUT2D eigenvalue weighted by Crippen LogP contribution is 2.33. The van der Waals surface area contributed by atoms with Crippen molar-refractivity contribution in [1.29, 1.82) is 0 Å². The first-order valence-corrected chi connectivity index (χ1v) is 7.13. The quantitative estimate of drug-likeness (QED) is 0.810. The van der Waals surface area contributed by atoms with E-state index in [-0.39, 0.29) is 5.88 Å². The summed E-state index contributed by atoms with van der Waals surface area (Å²) in [5.41, 5.74) is 1.73. The second-order valence-corrected chi connectivity index (χ2v) is 5.53. The molecule has 0 amide bonds. The molecule has 2 aromatic rings. The number of hydrogen-bond donors (Lipinski definition) is 3. The minimum absolute atomic E-state index is 0.1000. The van der Waals surface area contributed by atoms with Crippen LogP contribution in [-0.4, -0.2) is 32.8 Å². The number of aromatic hydroxyl groups is 1. The maximum absolute atomic E-state index is 13.3. The SMILES string of the molecule is Oc1nc(NCC2CC2)[nH]c1/C=C1/C=Nc2ncc(F)cc21. The number of pyridine rings is 1. The fraction of sp³-hybridized carbons (Fsp3) is 0.267. The molecule has 0 bridgehead atoms. The van der Waals surface area contributed by atoms with Gasteiger partial charge in [-0.2, -0.15) is 4.98 Å². The summed E-state index contributed by atoms with van der Waals surface area (Å²) in [6.07, 6.45) is 6.88. The minimum atomic E-state index is -0.421. The Morgan fingerprint density at radius 3 is 3.14 bits per heavy atom. The molecule has 112 valence electrons. The van der Waals surface area contributed by atoms with E-state index in [4.69, 9.17) is 0 Å². The molecule has 0 radical (unpaired) electrons. The first-order chi connectivity index (χ1) is 10.7. The van der Waals surface area contributed by atoms with E-state index < -0.39 is 5.82 Å². The van der Waals surface area contributed by atoms with E-state index in [0.29, 0.717) is 34.5 Å². The van der Waals surface area contributed by atoms with E-state index in [1.54, 1.807) is 12.3 Å². The highest BCUT2D eigenvalue weighted by atomic mass is 19.1. The molecule has 3 N–H and O–H groups in total. The summed E-state index contributed by atoms with van der Waals surface area (Å²) in [7, 11) is 0. The zero-order chi connectivity index (χ0) is 15.1. The van der Waals surface area contributed by atoms with Gasteiger partial charge in [-0.25, -0.2) is 14.4 Å². The molecule has 6 nitrogen and oxygen atoms in total. The van der Waals surface area contributed by atoms with Crippen molar-refractivity contribution in [2.24, 2.45) is 10.9 Å². The predicted octanol–water partition coefficient (Wildman–Crippen LogP) is 2.73. The standard InChI is InChI=1S/C15H14FN5O/c16-10-4-11-9(6-17-13(11)18-7-10)3-12-14(22)21-15(20-12)19-5-8-1-2-8/h3-4,6-8,22H,1-2,5H2,(H2,19,20,21)/b9-3-. The van der Waals surface area contributed by atoms with Gasteiger partial charge in [0, 0.05) is 23.9 Å². The first kappa shape index (κ1) is 13.0. The van der Waals surface area contributed by atoms with Gasteiger partial charge < -0.3 is 15.4 Å². The van der Waals surface area contributed by atoms with E-state index >= 15 is 0 Å². The Morgan fingerprint density at radius 2 is 2.32 bits per heavy atom. The molecule has 2 aromatic heterocycles. The second-order valence-electron chi connectivity index (χ2n) is 5.53. The fourth-order valence-electron chi connectivity index (χ4n) is 2.34. The van der Waals surface area contributed by atoms with Crippen LogP contribution in [0.15, 0.2) is 17.3 Å². The largest absolute Gasteiger partial charge is 0.492 e. The Hall–Kier alpha value is -2.70. The second kappa shape index (κ2) is 4.94. The van der Waals surface area contributed by atoms with Gasteiger partial charge in [-0.15, -0.1) is 0 Å². The molecule has 7 heteroatoms. The van der Waals surface area contributed by atoms with Gasteiger partial charge in [0.25, 0.3) is 0 Å². The monoisotopic (exact) mass is 299 g/mol. The van der Waals surface area contributed by atoms with Gasteiger partial charge in [0.15, 0.2) is 5.82 Å². The number of nitrogens with one attached hydrogen (secondary N) is 2. The van der Waals surface area contributed by atoms with Crippen LogP contribution in [0.5, 0.6) is 5.88 Å². The lowest BCUT2D eigenvalue weighted by molar-refractivity contribution is 0.455. The molecule has 1 aliphatic carbocycles. The van der Waals surface area contributed by atoms with Crippen LogP contribution in [0.2, 0.25) is 0 Å². The molecular weight excluding hydrogens is 285 g/mol. The molecule has 0 unspecified atom stereocenters. The molecule has 1 saturated carbocycles. The number of halogens is 1. The number of aromatic amines is 1. The summed E-state index contributed by atoms with van der Waals surface area (Å²) in [6.45, 7) is 0.850. The van der Waals surface area contributed by atoms with Gasteiger partial charge in [0.2, 0.25) is 11.8 Å². The zero-order valence-corrected chi connectivity index (χ0v) is 11.7. The van der Waals surface area contributed by atoms with Crippen LogP contribution in [0.1, 0.15) is 24.1 Å². The van der Waals surface area contributed by atoms with Gasteiger partial charge in [0.05, 0.1) is 6.20 Å². The normalized spacial score (nSPS) is 18.0. The molecular formula is C15H14FN5O. The van der Waals surface area contributed by atoms with Gasteiger partial charge in [-0.1, -0.05) is 0 Å². The van der Waals surface area contributed by atoms with Crippen LogP contribution in [0.4, 0.5) is 16.2 Å². The van der Waals surface area contributed by atoms with Crippen molar-refractivity contribution in [2.75, 3.05) is 11.9 Å². The highest BCUT2D eigenvalue weighted by molar-refractivity contribution is 6.20. The van der Waals surface area contributed by atoms with Crippen LogP contribution in [0.3, 0.4) is 0 Å². The summed E-state index contributed by atoms with van der Waals surface area (Å²) in [5, 5.41) is 13.1. The van der Waals surface area contributed by atoms with Crippen molar-refractivity contribution < 1.29 is 9.50 Å². The number of anilines is 1. The summed E-state index contributed by atoms with van der Waals surface area (Å²) in [5.74, 6) is 1.19. The average molecular weight is 299 g/mol. The van der Waals surface area contributed by atoms with Crippen LogP contribution in [0, 0.1) is 11.7 Å². The molecule has 1 fully saturated rings. The lowest BCUT2D eigenvalue weighted by Crippen LogP contribution is -2.04. The Kier molecular flexibility index (Phi) is 2.92. The fourth-order valence-corrected chi connectivity index (χ4v) is 2.34. The van der Waals surface area contributed by atoms with Crippen molar-refractivity contribution in [3.8, 4) is 5.88 Å². The van der Waals surface area contributed by atoms with Crippen molar-refractivity contribution in [3.63, 3.8) is 0 Å². The molecule has 0 aromatic carbocycles. The van der Waals surface area contributed by atoms with Crippen molar-refractivity contribution in [1.82, 2.24) is 15.0 Å². The number of H-pyrrole nitrogens is 1. The third-order valence-electron chi connectivity index (χ3n) is 3.74. The van der Waals surface area contributed by atoms with Crippen molar-refractivity contribution in [2.45, 2.75) is 12.8 Å². The lowest BCUT2D eigenvalue weighted by Gasteiger charge is -1.99. The molecule has 22 heavy (non-hydrogen) atoms. The van der Waals surface area contributed by atoms with Crippen molar-refractivity contribution in [3.05, 3.63) is 29.3 Å². The minimum Gasteiger partial charge on any atom is -0.492 e. The van der Waals surface area contributed by atoms with Gasteiger partial charge in [-0.05, 0) is 30.9 Å². The Balaban J connectivity index is 1.61. The number of hydrogen-bond acceptors (Lipinski definition) is 5. The number of allylic oxidation sites excluding steroid dienone is 1. The molecule has 2 aliphatic rings. The van der Waals surface area contributed by atoms with Crippen LogP contribution in [0.25, 0.3) is 11.6 Å². The van der Waals surface area contributed by atoms with E-state index in [9.17, 15) is 9.50 Å². The molecule has 0 atom stereocenters. The smallest absolute Gasteiger partial charge is 0.238 e. The van der Waals surface area contributed by atoms with Gasteiger partial charge in [-0.3, -0.25) is 0 Å². The molecule has 1 aliphatic heterocycles.